The predicted octanol–water partition coefficient (Wildman–Crippen LogP) is 0.0576. The number of carbonyl (C=O) groups excluding carboxylic acids is 1. The van der Waals surface area contributed by atoms with Crippen LogP contribution in [0.25, 0.3) is 0 Å². The van der Waals surface area contributed by atoms with Gasteiger partial charge in [0.05, 0.1) is 36.7 Å². The molecule has 9 atom stereocenters. The number of aliphatic imine (C=N–C) groups is 1. The van der Waals surface area contributed by atoms with Crippen LogP contribution in [-0.2, 0) is 4.74 Å². The van der Waals surface area contributed by atoms with E-state index in [1.54, 1.807) is 35.7 Å². The van der Waals surface area contributed by atoms with Crippen molar-refractivity contribution in [2.45, 2.75) is 87.1 Å². The zero-order valence-corrected chi connectivity index (χ0v) is 25.2. The average molecular weight is 605 g/mol. The number of aliphatic hydroxyl groups is 5. The second-order valence-corrected chi connectivity index (χ2v) is 12.9. The largest absolute Gasteiger partial charge is 0.389 e. The molecule has 2 heterocycles. The van der Waals surface area contributed by atoms with Crippen LogP contribution in [0, 0.1) is 0 Å². The van der Waals surface area contributed by atoms with Crippen molar-refractivity contribution in [3.05, 3.63) is 24.8 Å². The Hall–Kier alpha value is -1.00. The van der Waals surface area contributed by atoms with Crippen molar-refractivity contribution < 1.29 is 35.1 Å². The number of hydrogen-bond acceptors (Lipinski definition) is 11. The van der Waals surface area contributed by atoms with E-state index in [0.29, 0.717) is 44.0 Å². The van der Waals surface area contributed by atoms with Crippen LogP contribution >= 0.6 is 23.5 Å². The SMILES string of the molecule is C=CC(/C=C\CC)=NC(=O)NCCSCCC1NCC(O)C(OCC(C)SCCC2NCC(O)C(O)C2O)C1O. The number of aliphatic hydroxyl groups excluding tert-OH is 5. The van der Waals surface area contributed by atoms with E-state index in [0.717, 1.165) is 17.9 Å². The van der Waals surface area contributed by atoms with Gasteiger partial charge in [0.25, 0.3) is 0 Å². The third-order valence-electron chi connectivity index (χ3n) is 6.88. The highest BCUT2D eigenvalue weighted by Crippen LogP contribution is 2.22. The second kappa shape index (κ2) is 19.2. The minimum atomic E-state index is -1.14. The van der Waals surface area contributed by atoms with E-state index in [-0.39, 0.29) is 23.9 Å². The smallest absolute Gasteiger partial charge is 0.341 e. The molecule has 2 aliphatic heterocycles. The highest BCUT2D eigenvalue weighted by Gasteiger charge is 2.38. The summed E-state index contributed by atoms with van der Waals surface area (Å²) in [6, 6.07) is -0.887. The molecule has 2 rings (SSSR count). The summed E-state index contributed by atoms with van der Waals surface area (Å²) in [7, 11) is 0. The fourth-order valence-electron chi connectivity index (χ4n) is 4.48. The van der Waals surface area contributed by atoms with Gasteiger partial charge < -0.3 is 46.2 Å². The second-order valence-electron chi connectivity index (χ2n) is 10.1. The Morgan fingerprint density at radius 2 is 1.73 bits per heavy atom. The molecule has 0 bridgehead atoms. The number of piperidine rings is 2. The Morgan fingerprint density at radius 1 is 1.05 bits per heavy atom. The molecule has 230 valence electrons. The molecular formula is C27H48N4O7S2. The highest BCUT2D eigenvalue weighted by molar-refractivity contribution is 7.99. The third-order valence-corrected chi connectivity index (χ3v) is 9.07. The van der Waals surface area contributed by atoms with E-state index < -0.39 is 42.7 Å². The number of β-amino-alcohol motifs (C(OH)–C–C–N with tert-alkyl or cyclic N) is 2. The van der Waals surface area contributed by atoms with Gasteiger partial charge in [-0.05, 0) is 42.9 Å². The number of nitrogens with zero attached hydrogens (tertiary/aromatic N) is 1. The zero-order chi connectivity index (χ0) is 29.5. The number of urea groups is 1. The molecule has 0 aromatic carbocycles. The summed E-state index contributed by atoms with van der Waals surface area (Å²) in [5.74, 6) is 2.20. The summed E-state index contributed by atoms with van der Waals surface area (Å²) in [6.45, 7) is 9.09. The van der Waals surface area contributed by atoms with Crippen LogP contribution in [0.1, 0.15) is 33.1 Å². The van der Waals surface area contributed by atoms with Gasteiger partial charge in [0.15, 0.2) is 0 Å². The molecule has 0 spiro atoms. The molecule has 2 amide bonds. The summed E-state index contributed by atoms with van der Waals surface area (Å²) in [4.78, 5) is 15.9. The molecule has 40 heavy (non-hydrogen) atoms. The van der Waals surface area contributed by atoms with Gasteiger partial charge in [-0.1, -0.05) is 26.5 Å². The molecule has 0 aromatic heterocycles. The Labute approximate surface area is 246 Å². The molecule has 0 aromatic rings. The van der Waals surface area contributed by atoms with Gasteiger partial charge >= 0.3 is 6.03 Å². The standard InChI is InChI=1S/C27H48N4O7S2/c1-4-6-7-18(5-2)31-27(37)28-10-13-39-11-8-20-24(35)26(22(33)15-30-20)38-16-17(3)40-12-9-19-23(34)25(36)21(32)14-29-19/h5-7,17,19-26,29-30,32-36H,2,4,8-16H2,1,3H3,(H,28,37)/b7-6-,31-18?. The first kappa shape index (κ1) is 35.2. The fraction of sp³-hybridized carbons (Fsp3) is 0.778. The van der Waals surface area contributed by atoms with Crippen molar-refractivity contribution in [3.63, 3.8) is 0 Å². The van der Waals surface area contributed by atoms with Crippen LogP contribution in [0.5, 0.6) is 0 Å². The summed E-state index contributed by atoms with van der Waals surface area (Å²) >= 11 is 3.31. The van der Waals surface area contributed by atoms with E-state index in [1.807, 2.05) is 19.9 Å². The van der Waals surface area contributed by atoms with Crippen molar-refractivity contribution >= 4 is 35.3 Å². The topological polar surface area (TPSA) is 176 Å². The number of carbonyl (C=O) groups is 1. The maximum atomic E-state index is 11.9. The fourth-order valence-corrected chi connectivity index (χ4v) is 6.32. The van der Waals surface area contributed by atoms with Gasteiger partial charge in [-0.2, -0.15) is 28.5 Å². The molecular weight excluding hydrogens is 556 g/mol. The number of nitrogens with one attached hydrogen (secondary N) is 3. The van der Waals surface area contributed by atoms with Crippen LogP contribution in [0.4, 0.5) is 4.79 Å². The molecule has 8 N–H and O–H groups in total. The number of rotatable bonds is 16. The number of amides is 2. The molecule has 0 aliphatic carbocycles. The normalized spacial score (nSPS) is 32.2. The number of ether oxygens (including phenoxy) is 1. The monoisotopic (exact) mass is 604 g/mol. The molecule has 11 nitrogen and oxygen atoms in total. The lowest BCUT2D eigenvalue weighted by Gasteiger charge is -2.39. The lowest BCUT2D eigenvalue weighted by atomic mass is 9.94. The van der Waals surface area contributed by atoms with Crippen LogP contribution in [0.2, 0.25) is 0 Å². The quantitative estimate of drug-likeness (QED) is 0.0883. The third kappa shape index (κ3) is 12.1. The van der Waals surface area contributed by atoms with Gasteiger partial charge in [0, 0.05) is 42.7 Å². The molecule has 2 fully saturated rings. The van der Waals surface area contributed by atoms with E-state index >= 15 is 0 Å². The Bertz CT molecular complexity index is 822. The Balaban J connectivity index is 1.63. The number of allylic oxidation sites excluding steroid dienone is 3. The van der Waals surface area contributed by atoms with Crippen LogP contribution < -0.4 is 16.0 Å². The van der Waals surface area contributed by atoms with Gasteiger partial charge in [0.1, 0.15) is 12.2 Å². The van der Waals surface area contributed by atoms with Crippen LogP contribution in [0.15, 0.2) is 29.8 Å². The molecule has 2 aliphatic rings. The van der Waals surface area contributed by atoms with E-state index in [4.69, 9.17) is 4.74 Å². The van der Waals surface area contributed by atoms with Crippen molar-refractivity contribution in [2.24, 2.45) is 4.99 Å². The first-order valence-corrected chi connectivity index (χ1v) is 16.2. The van der Waals surface area contributed by atoms with Crippen molar-refractivity contribution in [1.29, 1.82) is 0 Å². The molecule has 13 heteroatoms. The van der Waals surface area contributed by atoms with Gasteiger partial charge in [0.2, 0.25) is 0 Å². The van der Waals surface area contributed by atoms with Crippen molar-refractivity contribution in [3.8, 4) is 0 Å². The van der Waals surface area contributed by atoms with E-state index in [9.17, 15) is 30.3 Å². The van der Waals surface area contributed by atoms with Crippen LogP contribution in [0.3, 0.4) is 0 Å². The molecule has 9 unspecified atom stereocenters. The zero-order valence-electron chi connectivity index (χ0n) is 23.5. The van der Waals surface area contributed by atoms with Crippen molar-refractivity contribution in [2.75, 3.05) is 43.5 Å². The van der Waals surface area contributed by atoms with Crippen molar-refractivity contribution in [1.82, 2.24) is 16.0 Å². The minimum Gasteiger partial charge on any atom is -0.389 e. The van der Waals surface area contributed by atoms with Gasteiger partial charge in [-0.3, -0.25) is 0 Å². The summed E-state index contributed by atoms with van der Waals surface area (Å²) in [6.07, 6.45) is 1.92. The summed E-state index contributed by atoms with van der Waals surface area (Å²) in [5, 5.41) is 60.0. The summed E-state index contributed by atoms with van der Waals surface area (Å²) in [5.41, 5.74) is 0.523. The first-order valence-electron chi connectivity index (χ1n) is 14.0. The van der Waals surface area contributed by atoms with Crippen LogP contribution in [-0.4, -0.2) is 135 Å². The maximum Gasteiger partial charge on any atom is 0.341 e. The summed E-state index contributed by atoms with van der Waals surface area (Å²) < 4.78 is 5.95. The number of thioether (sulfide) groups is 2. The van der Waals surface area contributed by atoms with E-state index in [1.165, 1.54) is 0 Å². The molecule has 2 saturated heterocycles. The minimum absolute atomic E-state index is 0.101. The number of hydrogen-bond donors (Lipinski definition) is 8. The van der Waals surface area contributed by atoms with Gasteiger partial charge in [-0.15, -0.1) is 0 Å². The maximum absolute atomic E-state index is 11.9. The predicted molar refractivity (Wildman–Crippen MR) is 162 cm³/mol. The lowest BCUT2D eigenvalue weighted by molar-refractivity contribution is -0.127. The lowest BCUT2D eigenvalue weighted by Crippen LogP contribution is -2.60. The Morgan fingerprint density at radius 3 is 2.42 bits per heavy atom. The molecule has 0 saturated carbocycles. The average Bonchev–Trinajstić information content (AvgIpc) is 2.93. The highest BCUT2D eigenvalue weighted by atomic mass is 32.2. The molecule has 0 radical (unpaired) electrons. The first-order chi connectivity index (χ1) is 19.2. The van der Waals surface area contributed by atoms with E-state index in [2.05, 4.69) is 27.5 Å². The Kier molecular flexibility index (Phi) is 16.9. The van der Waals surface area contributed by atoms with Gasteiger partial charge in [-0.25, -0.2) is 4.79 Å².